The number of hydrogen-bond acceptors (Lipinski definition) is 6. The van der Waals surface area contributed by atoms with E-state index < -0.39 is 41.0 Å². The van der Waals surface area contributed by atoms with Crippen molar-refractivity contribution in [2.45, 2.75) is 44.3 Å². The molecule has 1 saturated carbocycles. The van der Waals surface area contributed by atoms with Crippen molar-refractivity contribution in [1.29, 1.82) is 5.26 Å². The number of rotatable bonds is 7. The molecule has 1 unspecified atom stereocenters. The van der Waals surface area contributed by atoms with Gasteiger partial charge >= 0.3 is 6.18 Å². The van der Waals surface area contributed by atoms with Gasteiger partial charge in [0.25, 0.3) is 0 Å². The van der Waals surface area contributed by atoms with E-state index in [0.717, 1.165) is 37.5 Å². The van der Waals surface area contributed by atoms with E-state index in [1.807, 2.05) is 0 Å². The predicted molar refractivity (Wildman–Crippen MR) is 146 cm³/mol. The van der Waals surface area contributed by atoms with E-state index >= 15 is 0 Å². The fourth-order valence-electron chi connectivity index (χ4n) is 5.58. The number of nitrogens with zero attached hydrogens (tertiary/aromatic N) is 4. The van der Waals surface area contributed by atoms with Gasteiger partial charge in [0, 0.05) is 18.2 Å². The van der Waals surface area contributed by atoms with Crippen LogP contribution in [0.15, 0.2) is 42.5 Å². The highest BCUT2D eigenvalue weighted by Gasteiger charge is 2.38. The highest BCUT2D eigenvalue weighted by atomic mass is 19.4. The molecule has 224 valence electrons. The number of nitriles is 1. The number of carbonyl (C=O) groups excluding carboxylic acids is 1. The molecule has 0 radical (unpaired) electrons. The number of imidazole rings is 1. The van der Waals surface area contributed by atoms with Crippen molar-refractivity contribution in [3.8, 4) is 29.2 Å². The lowest BCUT2D eigenvalue weighted by molar-refractivity contribution is -0.137. The van der Waals surface area contributed by atoms with Crippen LogP contribution in [0.25, 0.3) is 22.4 Å². The van der Waals surface area contributed by atoms with E-state index in [4.69, 9.17) is 14.7 Å². The van der Waals surface area contributed by atoms with E-state index in [2.05, 4.69) is 15.3 Å². The van der Waals surface area contributed by atoms with Crippen molar-refractivity contribution in [3.63, 3.8) is 0 Å². The summed E-state index contributed by atoms with van der Waals surface area (Å²) in [6.07, 6.45) is -1.33. The Morgan fingerprint density at radius 2 is 1.74 bits per heavy atom. The summed E-state index contributed by atoms with van der Waals surface area (Å²) in [5, 5.41) is 11.6. The van der Waals surface area contributed by atoms with Crippen LogP contribution in [0.3, 0.4) is 0 Å². The molecule has 4 aromatic rings. The van der Waals surface area contributed by atoms with Crippen LogP contribution >= 0.6 is 0 Å². The SMILES string of the molecule is COc1ccc(-c2nc3cc(F)c(F)cc3n2C(C(=O)Nc2ccc(C#N)cc2C(F)(F)F)C2CCCCC2)c(OC)n1. The van der Waals surface area contributed by atoms with Gasteiger partial charge in [-0.15, -0.1) is 0 Å². The largest absolute Gasteiger partial charge is 0.481 e. The van der Waals surface area contributed by atoms with E-state index in [9.17, 15) is 26.7 Å². The molecular formula is C30H26F5N5O3. The quantitative estimate of drug-likeness (QED) is 0.229. The molecule has 0 spiro atoms. The molecule has 1 aliphatic rings. The van der Waals surface area contributed by atoms with Gasteiger partial charge in [-0.05, 0) is 43.0 Å². The fraction of sp³-hybridized carbons (Fsp3) is 0.333. The molecular weight excluding hydrogens is 573 g/mol. The number of halogens is 5. The number of nitrogens with one attached hydrogen (secondary N) is 1. The zero-order chi connectivity index (χ0) is 30.9. The van der Waals surface area contributed by atoms with Crippen LogP contribution in [0.5, 0.6) is 11.8 Å². The summed E-state index contributed by atoms with van der Waals surface area (Å²) >= 11 is 0. The highest BCUT2D eigenvalue weighted by Crippen LogP contribution is 2.42. The first kappa shape index (κ1) is 29.8. The monoisotopic (exact) mass is 599 g/mol. The van der Waals surface area contributed by atoms with Gasteiger partial charge in [0.1, 0.15) is 11.9 Å². The number of carbonyl (C=O) groups is 1. The lowest BCUT2D eigenvalue weighted by atomic mass is 9.83. The van der Waals surface area contributed by atoms with Gasteiger partial charge in [-0.25, -0.2) is 13.8 Å². The zero-order valence-electron chi connectivity index (χ0n) is 23.1. The maximum Gasteiger partial charge on any atom is 0.418 e. The van der Waals surface area contributed by atoms with Crippen molar-refractivity contribution in [2.75, 3.05) is 19.5 Å². The maximum absolute atomic E-state index is 14.7. The molecule has 1 N–H and O–H groups in total. The van der Waals surface area contributed by atoms with Crippen LogP contribution in [0.2, 0.25) is 0 Å². The number of hydrogen-bond donors (Lipinski definition) is 1. The van der Waals surface area contributed by atoms with Crippen LogP contribution < -0.4 is 14.8 Å². The molecule has 1 aliphatic carbocycles. The molecule has 5 rings (SSSR count). The van der Waals surface area contributed by atoms with Crippen molar-refractivity contribution in [1.82, 2.24) is 14.5 Å². The third kappa shape index (κ3) is 5.82. The minimum atomic E-state index is -4.87. The average molecular weight is 600 g/mol. The number of benzene rings is 2. The van der Waals surface area contributed by atoms with Gasteiger partial charge in [0.05, 0.1) is 53.7 Å². The second-order valence-electron chi connectivity index (χ2n) is 10.2. The first-order valence-electron chi connectivity index (χ1n) is 13.4. The molecule has 1 amide bonds. The van der Waals surface area contributed by atoms with Crippen LogP contribution in [0.1, 0.15) is 49.3 Å². The van der Waals surface area contributed by atoms with E-state index in [0.29, 0.717) is 18.9 Å². The molecule has 43 heavy (non-hydrogen) atoms. The first-order chi connectivity index (χ1) is 20.5. The Bertz CT molecular complexity index is 1720. The van der Waals surface area contributed by atoms with Crippen molar-refractivity contribution < 1.29 is 36.2 Å². The Morgan fingerprint density at radius 3 is 2.40 bits per heavy atom. The fourth-order valence-corrected chi connectivity index (χ4v) is 5.58. The van der Waals surface area contributed by atoms with E-state index in [1.54, 1.807) is 12.1 Å². The van der Waals surface area contributed by atoms with Gasteiger partial charge in [-0.3, -0.25) is 4.79 Å². The van der Waals surface area contributed by atoms with E-state index in [-0.39, 0.29) is 45.7 Å². The van der Waals surface area contributed by atoms with Crippen LogP contribution in [0.4, 0.5) is 27.6 Å². The Balaban J connectivity index is 1.73. The molecule has 8 nitrogen and oxygen atoms in total. The topological polar surface area (TPSA) is 102 Å². The zero-order valence-corrected chi connectivity index (χ0v) is 23.1. The first-order valence-corrected chi connectivity index (χ1v) is 13.4. The smallest absolute Gasteiger partial charge is 0.418 e. The van der Waals surface area contributed by atoms with Crippen molar-refractivity contribution in [2.24, 2.45) is 5.92 Å². The lowest BCUT2D eigenvalue weighted by Gasteiger charge is -2.32. The third-order valence-corrected chi connectivity index (χ3v) is 7.56. The van der Waals surface area contributed by atoms with Crippen LogP contribution in [-0.2, 0) is 11.0 Å². The number of methoxy groups -OCH3 is 2. The van der Waals surface area contributed by atoms with Crippen molar-refractivity contribution in [3.05, 3.63) is 65.2 Å². The third-order valence-electron chi connectivity index (χ3n) is 7.56. The van der Waals surface area contributed by atoms with Gasteiger partial charge in [-0.2, -0.15) is 23.4 Å². The number of alkyl halides is 3. The molecule has 0 bridgehead atoms. The summed E-state index contributed by atoms with van der Waals surface area (Å²) in [5.74, 6) is -3.21. The predicted octanol–water partition coefficient (Wildman–Crippen LogP) is 7.04. The van der Waals surface area contributed by atoms with Crippen LogP contribution in [0, 0.1) is 28.9 Å². The second-order valence-corrected chi connectivity index (χ2v) is 10.2. The normalized spacial score (nSPS) is 14.7. The number of aromatic nitrogens is 3. The highest BCUT2D eigenvalue weighted by molar-refractivity contribution is 5.97. The Hall–Kier alpha value is -4.73. The summed E-state index contributed by atoms with van der Waals surface area (Å²) in [5.41, 5.74) is -1.60. The Morgan fingerprint density at radius 1 is 1.02 bits per heavy atom. The molecule has 13 heteroatoms. The summed E-state index contributed by atoms with van der Waals surface area (Å²) in [4.78, 5) is 23.0. The molecule has 0 saturated heterocycles. The molecule has 2 heterocycles. The number of amides is 1. The standard InChI is InChI=1S/C30H26F5N5O3/c1-42-25-11-9-18(29(39-25)43-2)27-37-23-13-20(31)21(32)14-24(23)40(27)26(17-6-4-3-5-7-17)28(41)38-22-10-8-16(15-36)12-19(22)30(33,34)35/h8-14,17,26H,3-7H2,1-2H3,(H,38,41). The summed E-state index contributed by atoms with van der Waals surface area (Å²) < 4.78 is 83.0. The second kappa shape index (κ2) is 11.9. The molecule has 0 aliphatic heterocycles. The summed E-state index contributed by atoms with van der Waals surface area (Å²) in [6, 6.07) is 8.23. The van der Waals surface area contributed by atoms with E-state index in [1.165, 1.54) is 30.9 Å². The maximum atomic E-state index is 14.7. The molecule has 1 atom stereocenters. The minimum absolute atomic E-state index is 0.0229. The van der Waals surface area contributed by atoms with Gasteiger partial charge < -0.3 is 19.4 Å². The Kier molecular flexibility index (Phi) is 8.21. The van der Waals surface area contributed by atoms with Gasteiger partial charge in [0.2, 0.25) is 17.7 Å². The summed E-state index contributed by atoms with van der Waals surface area (Å²) in [7, 11) is 2.76. The molecule has 2 aromatic heterocycles. The Labute approximate surface area is 243 Å². The number of ether oxygens (including phenoxy) is 2. The average Bonchev–Trinajstić information content (AvgIpc) is 3.34. The van der Waals surface area contributed by atoms with Gasteiger partial charge in [-0.1, -0.05) is 19.3 Å². The number of anilines is 1. The van der Waals surface area contributed by atoms with Crippen LogP contribution in [-0.4, -0.2) is 34.7 Å². The van der Waals surface area contributed by atoms with Gasteiger partial charge in [0.15, 0.2) is 11.6 Å². The molecule has 1 fully saturated rings. The van der Waals surface area contributed by atoms with Crippen molar-refractivity contribution >= 4 is 22.6 Å². The minimum Gasteiger partial charge on any atom is -0.481 e. The number of pyridine rings is 1. The number of fused-ring (bicyclic) bond motifs is 1. The molecule has 2 aromatic carbocycles. The summed E-state index contributed by atoms with van der Waals surface area (Å²) in [6.45, 7) is 0. The lowest BCUT2D eigenvalue weighted by Crippen LogP contribution is -2.34.